The minimum absolute atomic E-state index is 0.180. The Bertz CT molecular complexity index is 407. The van der Waals surface area contributed by atoms with E-state index >= 15 is 0 Å². The van der Waals surface area contributed by atoms with Crippen molar-refractivity contribution in [1.29, 1.82) is 0 Å². The highest BCUT2D eigenvalue weighted by atomic mass is 19.1. The van der Waals surface area contributed by atoms with Crippen LogP contribution in [0.15, 0.2) is 18.2 Å². The van der Waals surface area contributed by atoms with E-state index < -0.39 is 30.6 Å². The molecule has 0 aromatic heterocycles. The molecule has 0 radical (unpaired) electrons. The fraction of sp³-hybridized carbons (Fsp3) is 0.364. The lowest BCUT2D eigenvalue weighted by Gasteiger charge is -2.16. The first-order valence-electron chi connectivity index (χ1n) is 4.92. The fourth-order valence-electron chi connectivity index (χ4n) is 1.40. The highest BCUT2D eigenvalue weighted by Gasteiger charge is 2.21. The highest BCUT2D eigenvalue weighted by molar-refractivity contribution is 5.70. The first-order valence-corrected chi connectivity index (χ1v) is 4.92. The van der Waals surface area contributed by atoms with Crippen LogP contribution >= 0.6 is 0 Å². The van der Waals surface area contributed by atoms with E-state index in [0.29, 0.717) is 0 Å². The molecule has 17 heavy (non-hydrogen) atoms. The van der Waals surface area contributed by atoms with Crippen LogP contribution in [0.3, 0.4) is 0 Å². The summed E-state index contributed by atoms with van der Waals surface area (Å²) in [5.41, 5.74) is 0.0742. The van der Waals surface area contributed by atoms with Gasteiger partial charge in [-0.05, 0) is 11.6 Å². The van der Waals surface area contributed by atoms with Crippen LogP contribution in [0.1, 0.15) is 17.2 Å². The van der Waals surface area contributed by atoms with E-state index in [1.165, 1.54) is 12.1 Å². The van der Waals surface area contributed by atoms with Crippen molar-refractivity contribution in [2.24, 2.45) is 0 Å². The van der Waals surface area contributed by atoms with Gasteiger partial charge in [0.15, 0.2) is 0 Å². The molecule has 0 heterocycles. The molecule has 1 aromatic carbocycles. The summed E-state index contributed by atoms with van der Waals surface area (Å²) in [6, 6.07) is 3.52. The van der Waals surface area contributed by atoms with Crippen molar-refractivity contribution in [3.63, 3.8) is 0 Å². The summed E-state index contributed by atoms with van der Waals surface area (Å²) < 4.78 is 13.5. The maximum atomic E-state index is 13.5. The summed E-state index contributed by atoms with van der Waals surface area (Å²) in [5, 5.41) is 35.8. The summed E-state index contributed by atoms with van der Waals surface area (Å²) >= 11 is 0. The molecule has 1 rings (SSSR count). The van der Waals surface area contributed by atoms with Gasteiger partial charge in [0.05, 0.1) is 13.0 Å². The molecule has 0 bridgehead atoms. The first kappa shape index (κ1) is 13.6. The Hall–Kier alpha value is -1.50. The second-order valence-electron chi connectivity index (χ2n) is 3.62. The Balaban J connectivity index is 2.93. The molecule has 2 unspecified atom stereocenters. The molecule has 0 saturated carbocycles. The van der Waals surface area contributed by atoms with Crippen molar-refractivity contribution in [1.82, 2.24) is 0 Å². The van der Waals surface area contributed by atoms with Gasteiger partial charge in [-0.1, -0.05) is 12.1 Å². The molecule has 0 spiro atoms. The van der Waals surface area contributed by atoms with Gasteiger partial charge in [-0.15, -0.1) is 0 Å². The lowest BCUT2D eigenvalue weighted by atomic mass is 10.0. The van der Waals surface area contributed by atoms with E-state index in [4.69, 9.17) is 15.3 Å². The van der Waals surface area contributed by atoms with Crippen LogP contribution in [0.5, 0.6) is 0 Å². The van der Waals surface area contributed by atoms with Crippen molar-refractivity contribution < 1.29 is 29.6 Å². The Labute approximate surface area is 96.8 Å². The van der Waals surface area contributed by atoms with Crippen LogP contribution in [-0.4, -0.2) is 39.1 Å². The minimum atomic E-state index is -1.54. The first-order chi connectivity index (χ1) is 7.95. The van der Waals surface area contributed by atoms with E-state index in [2.05, 4.69) is 0 Å². The van der Waals surface area contributed by atoms with Crippen molar-refractivity contribution >= 4 is 5.97 Å². The number of halogens is 1. The molecule has 0 aliphatic carbocycles. The summed E-state index contributed by atoms with van der Waals surface area (Å²) in [6.45, 7) is -0.697. The average Bonchev–Trinajstić information content (AvgIpc) is 2.26. The van der Waals surface area contributed by atoms with Gasteiger partial charge in [-0.2, -0.15) is 0 Å². The SMILES string of the molecule is O=C(O)Cc1ccc(C(O)C(O)CO)c(F)c1. The standard InChI is InChI=1S/C11H13FO5/c12-8-3-6(4-10(15)16)1-2-7(8)11(17)9(14)5-13/h1-3,9,11,13-14,17H,4-5H2,(H,15,16). The number of aliphatic hydroxyl groups is 3. The molecule has 4 N–H and O–H groups in total. The van der Waals surface area contributed by atoms with Crippen LogP contribution in [0.2, 0.25) is 0 Å². The van der Waals surface area contributed by atoms with Crippen molar-refractivity contribution in [2.45, 2.75) is 18.6 Å². The molecule has 5 nitrogen and oxygen atoms in total. The summed E-state index contributed by atoms with van der Waals surface area (Å²) in [7, 11) is 0. The van der Waals surface area contributed by atoms with Gasteiger partial charge >= 0.3 is 5.97 Å². The minimum Gasteiger partial charge on any atom is -0.481 e. The molecule has 1 aromatic rings. The van der Waals surface area contributed by atoms with Crippen LogP contribution in [0.25, 0.3) is 0 Å². The van der Waals surface area contributed by atoms with E-state index in [9.17, 15) is 14.3 Å². The molecule has 0 amide bonds. The Morgan fingerprint density at radius 1 is 1.35 bits per heavy atom. The van der Waals surface area contributed by atoms with Gasteiger partial charge in [0, 0.05) is 5.56 Å². The van der Waals surface area contributed by atoms with Crippen molar-refractivity contribution in [3.8, 4) is 0 Å². The second-order valence-corrected chi connectivity index (χ2v) is 3.62. The van der Waals surface area contributed by atoms with E-state index in [1.807, 2.05) is 0 Å². The number of aliphatic carboxylic acids is 1. The zero-order chi connectivity index (χ0) is 13.0. The zero-order valence-corrected chi connectivity index (χ0v) is 8.88. The molecule has 0 fully saturated rings. The molecule has 0 saturated heterocycles. The molecular weight excluding hydrogens is 231 g/mol. The normalized spacial score (nSPS) is 14.4. The van der Waals surface area contributed by atoms with Crippen LogP contribution in [0, 0.1) is 5.82 Å². The number of carbonyl (C=O) groups is 1. The highest BCUT2D eigenvalue weighted by Crippen LogP contribution is 2.21. The third-order valence-corrected chi connectivity index (χ3v) is 2.29. The average molecular weight is 244 g/mol. The number of aliphatic hydroxyl groups excluding tert-OH is 3. The van der Waals surface area contributed by atoms with Gasteiger partial charge in [0.2, 0.25) is 0 Å². The molecule has 6 heteroatoms. The zero-order valence-electron chi connectivity index (χ0n) is 8.88. The molecule has 0 aliphatic rings. The Morgan fingerprint density at radius 3 is 2.47 bits per heavy atom. The number of benzene rings is 1. The van der Waals surface area contributed by atoms with Crippen LogP contribution < -0.4 is 0 Å². The van der Waals surface area contributed by atoms with Crippen molar-refractivity contribution in [2.75, 3.05) is 6.61 Å². The third kappa shape index (κ3) is 3.48. The third-order valence-electron chi connectivity index (χ3n) is 2.29. The van der Waals surface area contributed by atoms with Gasteiger partial charge in [0.25, 0.3) is 0 Å². The predicted molar refractivity (Wildman–Crippen MR) is 55.8 cm³/mol. The fourth-order valence-corrected chi connectivity index (χ4v) is 1.40. The summed E-state index contributed by atoms with van der Waals surface area (Å²) in [6.07, 6.45) is -3.34. The van der Waals surface area contributed by atoms with Crippen LogP contribution in [0.4, 0.5) is 4.39 Å². The molecule has 2 atom stereocenters. The molecule has 94 valence electrons. The molecular formula is C11H13FO5. The largest absolute Gasteiger partial charge is 0.481 e. The number of hydrogen-bond acceptors (Lipinski definition) is 4. The quantitative estimate of drug-likeness (QED) is 0.577. The Morgan fingerprint density at radius 2 is 2.00 bits per heavy atom. The molecule has 0 aliphatic heterocycles. The van der Waals surface area contributed by atoms with E-state index in [-0.39, 0.29) is 17.5 Å². The van der Waals surface area contributed by atoms with Gasteiger partial charge in [0.1, 0.15) is 18.0 Å². The van der Waals surface area contributed by atoms with Gasteiger partial charge < -0.3 is 20.4 Å². The maximum Gasteiger partial charge on any atom is 0.307 e. The lowest BCUT2D eigenvalue weighted by molar-refractivity contribution is -0.136. The monoisotopic (exact) mass is 244 g/mol. The van der Waals surface area contributed by atoms with Gasteiger partial charge in [-0.3, -0.25) is 4.79 Å². The van der Waals surface area contributed by atoms with Crippen LogP contribution in [-0.2, 0) is 11.2 Å². The number of carboxylic acid groups (broad SMARTS) is 1. The second kappa shape index (κ2) is 5.72. The lowest BCUT2D eigenvalue weighted by Crippen LogP contribution is -2.23. The van der Waals surface area contributed by atoms with Crippen molar-refractivity contribution in [3.05, 3.63) is 35.1 Å². The predicted octanol–water partition coefficient (Wildman–Crippen LogP) is -0.161. The van der Waals surface area contributed by atoms with E-state index in [0.717, 1.165) is 6.07 Å². The number of rotatable bonds is 5. The maximum absolute atomic E-state index is 13.5. The number of carboxylic acids is 1. The summed E-state index contributed by atoms with van der Waals surface area (Å²) in [4.78, 5) is 10.4. The summed E-state index contributed by atoms with van der Waals surface area (Å²) in [5.74, 6) is -1.91. The smallest absolute Gasteiger partial charge is 0.307 e. The van der Waals surface area contributed by atoms with E-state index in [1.54, 1.807) is 0 Å². The number of hydrogen-bond donors (Lipinski definition) is 4. The van der Waals surface area contributed by atoms with Gasteiger partial charge in [-0.25, -0.2) is 4.39 Å². The topological polar surface area (TPSA) is 98.0 Å². The Kier molecular flexibility index (Phi) is 4.56.